The van der Waals surface area contributed by atoms with E-state index in [1.165, 1.54) is 18.2 Å². The lowest BCUT2D eigenvalue weighted by atomic mass is 10.0. The van der Waals surface area contributed by atoms with Gasteiger partial charge in [-0.1, -0.05) is 19.9 Å². The van der Waals surface area contributed by atoms with Crippen molar-refractivity contribution >= 4 is 5.91 Å². The van der Waals surface area contributed by atoms with Crippen LogP contribution in [0.25, 0.3) is 0 Å². The summed E-state index contributed by atoms with van der Waals surface area (Å²) in [6, 6.07) is 4.24. The SMILES string of the molecule is CC(C)CC(C)NC(=O)c1c(O)cccc1O. The van der Waals surface area contributed by atoms with Crippen molar-refractivity contribution in [3.63, 3.8) is 0 Å². The van der Waals surface area contributed by atoms with Gasteiger partial charge >= 0.3 is 0 Å². The largest absolute Gasteiger partial charge is 0.507 e. The lowest BCUT2D eigenvalue weighted by Crippen LogP contribution is -2.33. The molecule has 17 heavy (non-hydrogen) atoms. The van der Waals surface area contributed by atoms with Gasteiger partial charge in [-0.15, -0.1) is 0 Å². The first-order valence-electron chi connectivity index (χ1n) is 5.73. The number of carbonyl (C=O) groups is 1. The molecule has 1 atom stereocenters. The zero-order valence-corrected chi connectivity index (χ0v) is 10.4. The smallest absolute Gasteiger partial charge is 0.259 e. The second-order valence-electron chi connectivity index (χ2n) is 4.68. The molecule has 0 saturated carbocycles. The van der Waals surface area contributed by atoms with Gasteiger partial charge in [-0.05, 0) is 31.4 Å². The zero-order chi connectivity index (χ0) is 13.0. The molecular weight excluding hydrogens is 218 g/mol. The summed E-state index contributed by atoms with van der Waals surface area (Å²) in [5.74, 6) is -0.393. The molecule has 0 aliphatic heterocycles. The monoisotopic (exact) mass is 237 g/mol. The Balaban J connectivity index is 2.77. The van der Waals surface area contributed by atoms with Gasteiger partial charge in [0.15, 0.2) is 0 Å². The number of hydrogen-bond donors (Lipinski definition) is 3. The molecule has 1 amide bonds. The first kappa shape index (κ1) is 13.4. The lowest BCUT2D eigenvalue weighted by Gasteiger charge is -2.16. The highest BCUT2D eigenvalue weighted by molar-refractivity contribution is 5.99. The minimum absolute atomic E-state index is 0.00139. The number of hydrogen-bond acceptors (Lipinski definition) is 3. The Morgan fingerprint density at radius 2 is 1.76 bits per heavy atom. The Labute approximate surface area is 101 Å². The minimum atomic E-state index is -0.450. The molecule has 4 heteroatoms. The third-order valence-corrected chi connectivity index (χ3v) is 2.45. The van der Waals surface area contributed by atoms with Crippen LogP contribution in [0.1, 0.15) is 37.6 Å². The number of carbonyl (C=O) groups excluding carboxylic acids is 1. The molecule has 0 saturated heterocycles. The van der Waals surface area contributed by atoms with Crippen LogP contribution in [0.2, 0.25) is 0 Å². The van der Waals surface area contributed by atoms with Crippen LogP contribution in [0.5, 0.6) is 11.5 Å². The van der Waals surface area contributed by atoms with E-state index < -0.39 is 5.91 Å². The molecule has 94 valence electrons. The van der Waals surface area contributed by atoms with Gasteiger partial charge in [-0.2, -0.15) is 0 Å². The highest BCUT2D eigenvalue weighted by Gasteiger charge is 2.17. The number of phenolic OH excluding ortho intramolecular Hbond substituents is 2. The first-order chi connectivity index (χ1) is 7.91. The summed E-state index contributed by atoms with van der Waals surface area (Å²) in [7, 11) is 0. The molecular formula is C13H19NO3. The summed E-state index contributed by atoms with van der Waals surface area (Å²) in [6.07, 6.45) is 0.847. The molecule has 0 bridgehead atoms. The molecule has 0 radical (unpaired) electrons. The molecule has 1 rings (SSSR count). The van der Waals surface area contributed by atoms with E-state index >= 15 is 0 Å². The highest BCUT2D eigenvalue weighted by atomic mass is 16.3. The van der Waals surface area contributed by atoms with Crippen LogP contribution >= 0.6 is 0 Å². The van der Waals surface area contributed by atoms with Gasteiger partial charge in [-0.25, -0.2) is 0 Å². The molecule has 3 N–H and O–H groups in total. The van der Waals surface area contributed by atoms with Gasteiger partial charge in [0.25, 0.3) is 5.91 Å². The maximum atomic E-state index is 11.8. The molecule has 0 heterocycles. The van der Waals surface area contributed by atoms with Crippen LogP contribution in [0.15, 0.2) is 18.2 Å². The maximum Gasteiger partial charge on any atom is 0.259 e. The molecule has 1 aromatic rings. The molecule has 1 unspecified atom stereocenters. The molecule has 0 fully saturated rings. The van der Waals surface area contributed by atoms with Crippen LogP contribution in [-0.2, 0) is 0 Å². The molecule has 0 aromatic heterocycles. The average Bonchev–Trinajstić information content (AvgIpc) is 2.15. The third kappa shape index (κ3) is 3.66. The van der Waals surface area contributed by atoms with Crippen molar-refractivity contribution in [3.8, 4) is 11.5 Å². The summed E-state index contributed by atoms with van der Waals surface area (Å²) in [4.78, 5) is 11.8. The lowest BCUT2D eigenvalue weighted by molar-refractivity contribution is 0.0930. The van der Waals surface area contributed by atoms with Crippen LogP contribution < -0.4 is 5.32 Å². The van der Waals surface area contributed by atoms with E-state index in [0.29, 0.717) is 5.92 Å². The molecule has 0 spiro atoms. The van der Waals surface area contributed by atoms with E-state index in [9.17, 15) is 15.0 Å². The Hall–Kier alpha value is -1.71. The Bertz CT molecular complexity index is 381. The van der Waals surface area contributed by atoms with Gasteiger partial charge in [0, 0.05) is 6.04 Å². The summed E-state index contributed by atoms with van der Waals surface area (Å²) >= 11 is 0. The molecule has 0 aliphatic carbocycles. The van der Waals surface area contributed by atoms with E-state index in [1.54, 1.807) is 0 Å². The normalized spacial score (nSPS) is 12.5. The standard InChI is InChI=1S/C13H19NO3/c1-8(2)7-9(3)14-13(17)12-10(15)5-4-6-11(12)16/h4-6,8-9,15-16H,7H2,1-3H3,(H,14,17). The number of benzene rings is 1. The van der Waals surface area contributed by atoms with Crippen molar-refractivity contribution < 1.29 is 15.0 Å². The van der Waals surface area contributed by atoms with Crippen LogP contribution in [0.3, 0.4) is 0 Å². The number of nitrogens with one attached hydrogen (secondary N) is 1. The highest BCUT2D eigenvalue weighted by Crippen LogP contribution is 2.26. The van der Waals surface area contributed by atoms with Gasteiger partial charge in [0.1, 0.15) is 17.1 Å². The predicted octanol–water partition coefficient (Wildman–Crippen LogP) is 2.26. The topological polar surface area (TPSA) is 69.6 Å². The van der Waals surface area contributed by atoms with Gasteiger partial charge < -0.3 is 15.5 Å². The van der Waals surface area contributed by atoms with Crippen molar-refractivity contribution in [1.29, 1.82) is 0 Å². The fraction of sp³-hybridized carbons (Fsp3) is 0.462. The fourth-order valence-electron chi connectivity index (χ4n) is 1.82. The number of rotatable bonds is 4. The van der Waals surface area contributed by atoms with E-state index in [0.717, 1.165) is 6.42 Å². The van der Waals surface area contributed by atoms with E-state index in [-0.39, 0.29) is 23.1 Å². The summed E-state index contributed by atoms with van der Waals surface area (Å²) in [6.45, 7) is 6.04. The van der Waals surface area contributed by atoms with Crippen molar-refractivity contribution in [3.05, 3.63) is 23.8 Å². The minimum Gasteiger partial charge on any atom is -0.507 e. The van der Waals surface area contributed by atoms with Crippen LogP contribution in [0.4, 0.5) is 0 Å². The Morgan fingerprint density at radius 1 is 1.24 bits per heavy atom. The van der Waals surface area contributed by atoms with Gasteiger partial charge in [-0.3, -0.25) is 4.79 Å². The van der Waals surface area contributed by atoms with Gasteiger partial charge in [0.2, 0.25) is 0 Å². The second kappa shape index (κ2) is 5.57. The van der Waals surface area contributed by atoms with Crippen LogP contribution in [-0.4, -0.2) is 22.2 Å². The zero-order valence-electron chi connectivity index (χ0n) is 10.4. The molecule has 1 aromatic carbocycles. The fourth-order valence-corrected chi connectivity index (χ4v) is 1.82. The number of phenols is 2. The molecule has 4 nitrogen and oxygen atoms in total. The predicted molar refractivity (Wildman–Crippen MR) is 66.2 cm³/mol. The summed E-state index contributed by atoms with van der Waals surface area (Å²) in [5, 5.41) is 21.8. The summed E-state index contributed by atoms with van der Waals surface area (Å²) < 4.78 is 0. The van der Waals surface area contributed by atoms with Crippen molar-refractivity contribution in [2.45, 2.75) is 33.2 Å². The number of amides is 1. The van der Waals surface area contributed by atoms with Crippen molar-refractivity contribution in [2.24, 2.45) is 5.92 Å². The van der Waals surface area contributed by atoms with Crippen molar-refractivity contribution in [1.82, 2.24) is 5.32 Å². The maximum absolute atomic E-state index is 11.8. The first-order valence-corrected chi connectivity index (χ1v) is 5.73. The number of aromatic hydroxyl groups is 2. The van der Waals surface area contributed by atoms with Gasteiger partial charge in [0.05, 0.1) is 0 Å². The van der Waals surface area contributed by atoms with E-state index in [2.05, 4.69) is 19.2 Å². The van der Waals surface area contributed by atoms with Crippen LogP contribution in [0, 0.1) is 5.92 Å². The average molecular weight is 237 g/mol. The third-order valence-electron chi connectivity index (χ3n) is 2.45. The van der Waals surface area contributed by atoms with E-state index in [1.807, 2.05) is 6.92 Å². The summed E-state index contributed by atoms with van der Waals surface area (Å²) in [5.41, 5.74) is -0.0666. The Morgan fingerprint density at radius 3 is 2.24 bits per heavy atom. The van der Waals surface area contributed by atoms with E-state index in [4.69, 9.17) is 0 Å². The second-order valence-corrected chi connectivity index (χ2v) is 4.68. The molecule has 0 aliphatic rings. The quantitative estimate of drug-likeness (QED) is 0.752. The van der Waals surface area contributed by atoms with Crippen molar-refractivity contribution in [2.75, 3.05) is 0 Å². The Kier molecular flexibility index (Phi) is 4.37.